The Hall–Kier alpha value is -1.56. The Morgan fingerprint density at radius 3 is 2.65 bits per heavy atom. The van der Waals surface area contributed by atoms with Gasteiger partial charge in [-0.05, 0) is 25.0 Å². The molecule has 5 nitrogen and oxygen atoms in total. The third kappa shape index (κ3) is 3.96. The minimum Gasteiger partial charge on any atom is -0.494 e. The van der Waals surface area contributed by atoms with Crippen LogP contribution >= 0.6 is 0 Å². The van der Waals surface area contributed by atoms with E-state index in [4.69, 9.17) is 4.74 Å². The maximum Gasteiger partial charge on any atom is 0.221 e. The van der Waals surface area contributed by atoms with E-state index in [-0.39, 0.29) is 5.91 Å². The molecule has 0 unspecified atom stereocenters. The van der Waals surface area contributed by atoms with E-state index in [0.29, 0.717) is 17.5 Å². The predicted octanol–water partition coefficient (Wildman–Crippen LogP) is 1.98. The molecule has 1 saturated heterocycles. The van der Waals surface area contributed by atoms with E-state index in [1.807, 2.05) is 18.2 Å². The lowest BCUT2D eigenvalue weighted by Crippen LogP contribution is -2.29. The largest absolute Gasteiger partial charge is 0.494 e. The Morgan fingerprint density at radius 1 is 1.35 bits per heavy atom. The number of carbonyl (C=O) groups excluding carboxylic acids is 1. The standard InChI is InChI=1S/C14H20N2O3S/c1-10(17)15-13-4-3-12(9-14(13)19-2)16-11-5-7-20(18)8-6-11/h3-4,9,11,16H,5-8H2,1-2H3,(H,15,17). The Kier molecular flexibility index (Phi) is 5.00. The van der Waals surface area contributed by atoms with Crippen LogP contribution in [0.25, 0.3) is 0 Å². The first-order valence-electron chi connectivity index (χ1n) is 6.65. The number of anilines is 2. The molecule has 1 amide bonds. The third-order valence-electron chi connectivity index (χ3n) is 3.27. The predicted molar refractivity (Wildman–Crippen MR) is 81.8 cm³/mol. The van der Waals surface area contributed by atoms with Crippen molar-refractivity contribution >= 4 is 28.1 Å². The quantitative estimate of drug-likeness (QED) is 0.891. The average molecular weight is 296 g/mol. The third-order valence-corrected chi connectivity index (χ3v) is 4.65. The van der Waals surface area contributed by atoms with Crippen molar-refractivity contribution in [3.8, 4) is 5.75 Å². The molecule has 0 radical (unpaired) electrons. The van der Waals surface area contributed by atoms with Gasteiger partial charge in [0.15, 0.2) is 0 Å². The second-order valence-corrected chi connectivity index (χ2v) is 6.56. The summed E-state index contributed by atoms with van der Waals surface area (Å²) in [5.74, 6) is 2.03. The van der Waals surface area contributed by atoms with E-state index >= 15 is 0 Å². The Bertz CT molecular complexity index is 509. The summed E-state index contributed by atoms with van der Waals surface area (Å²) >= 11 is 0. The normalized spacial score (nSPS) is 22.1. The molecule has 20 heavy (non-hydrogen) atoms. The highest BCUT2D eigenvalue weighted by atomic mass is 32.2. The fourth-order valence-corrected chi connectivity index (χ4v) is 3.55. The highest BCUT2D eigenvalue weighted by Gasteiger charge is 2.18. The van der Waals surface area contributed by atoms with E-state index in [9.17, 15) is 9.00 Å². The van der Waals surface area contributed by atoms with E-state index in [0.717, 1.165) is 30.0 Å². The van der Waals surface area contributed by atoms with Crippen molar-refractivity contribution in [2.45, 2.75) is 25.8 Å². The zero-order chi connectivity index (χ0) is 14.5. The number of carbonyl (C=O) groups is 1. The molecule has 0 bridgehead atoms. The summed E-state index contributed by atoms with van der Waals surface area (Å²) < 4.78 is 16.6. The van der Waals surface area contributed by atoms with Crippen molar-refractivity contribution in [3.05, 3.63) is 18.2 Å². The molecule has 0 atom stereocenters. The molecule has 2 N–H and O–H groups in total. The van der Waals surface area contributed by atoms with E-state index in [2.05, 4.69) is 10.6 Å². The molecule has 0 aromatic heterocycles. The number of hydrogen-bond donors (Lipinski definition) is 2. The van der Waals surface area contributed by atoms with Gasteiger partial charge in [0, 0.05) is 47.0 Å². The Morgan fingerprint density at radius 2 is 2.05 bits per heavy atom. The van der Waals surface area contributed by atoms with E-state index in [1.54, 1.807) is 7.11 Å². The van der Waals surface area contributed by atoms with Crippen molar-refractivity contribution in [2.24, 2.45) is 0 Å². The average Bonchev–Trinajstić information content (AvgIpc) is 2.42. The minimum atomic E-state index is -0.647. The summed E-state index contributed by atoms with van der Waals surface area (Å²) in [7, 11) is 0.930. The summed E-state index contributed by atoms with van der Waals surface area (Å²) in [4.78, 5) is 11.1. The molecule has 1 fully saturated rings. The molecule has 6 heteroatoms. The Labute approximate surface area is 121 Å². The first-order valence-corrected chi connectivity index (χ1v) is 8.14. The number of ether oxygens (including phenoxy) is 1. The van der Waals surface area contributed by atoms with Crippen LogP contribution in [0.3, 0.4) is 0 Å². The van der Waals surface area contributed by atoms with Crippen LogP contribution in [-0.4, -0.2) is 34.8 Å². The number of benzene rings is 1. The van der Waals surface area contributed by atoms with Crippen LogP contribution in [0.5, 0.6) is 5.75 Å². The lowest BCUT2D eigenvalue weighted by Gasteiger charge is -2.24. The molecule has 1 aromatic carbocycles. The zero-order valence-electron chi connectivity index (χ0n) is 11.8. The van der Waals surface area contributed by atoms with Gasteiger partial charge in [-0.3, -0.25) is 9.00 Å². The number of hydrogen-bond acceptors (Lipinski definition) is 4. The monoisotopic (exact) mass is 296 g/mol. The number of nitrogens with one attached hydrogen (secondary N) is 2. The summed E-state index contributed by atoms with van der Waals surface area (Å²) in [5.41, 5.74) is 1.61. The topological polar surface area (TPSA) is 67.4 Å². The molecule has 1 aliphatic rings. The van der Waals surface area contributed by atoms with Crippen molar-refractivity contribution in [2.75, 3.05) is 29.2 Å². The van der Waals surface area contributed by atoms with Gasteiger partial charge in [-0.1, -0.05) is 0 Å². The summed E-state index contributed by atoms with van der Waals surface area (Å²) in [6.07, 6.45) is 1.84. The maximum absolute atomic E-state index is 11.3. The lowest BCUT2D eigenvalue weighted by molar-refractivity contribution is -0.114. The molecule has 110 valence electrons. The fraction of sp³-hybridized carbons (Fsp3) is 0.500. The first-order chi connectivity index (χ1) is 9.58. The van der Waals surface area contributed by atoms with Crippen LogP contribution in [0.1, 0.15) is 19.8 Å². The summed E-state index contributed by atoms with van der Waals surface area (Å²) in [6, 6.07) is 5.96. The molecule has 1 aromatic rings. The van der Waals surface area contributed by atoms with Crippen molar-refractivity contribution in [1.82, 2.24) is 0 Å². The highest BCUT2D eigenvalue weighted by molar-refractivity contribution is 7.85. The van der Waals surface area contributed by atoms with Crippen molar-refractivity contribution in [3.63, 3.8) is 0 Å². The lowest BCUT2D eigenvalue weighted by atomic mass is 10.1. The second kappa shape index (κ2) is 6.74. The molecule has 0 spiro atoms. The van der Waals surface area contributed by atoms with Crippen LogP contribution in [0.4, 0.5) is 11.4 Å². The fourth-order valence-electron chi connectivity index (χ4n) is 2.25. The maximum atomic E-state index is 11.3. The summed E-state index contributed by atoms with van der Waals surface area (Å²) in [5, 5.41) is 6.16. The van der Waals surface area contributed by atoms with Gasteiger partial charge in [0.25, 0.3) is 0 Å². The SMILES string of the molecule is COc1cc(NC2CCS(=O)CC2)ccc1NC(C)=O. The smallest absolute Gasteiger partial charge is 0.221 e. The van der Waals surface area contributed by atoms with E-state index in [1.165, 1.54) is 6.92 Å². The summed E-state index contributed by atoms with van der Waals surface area (Å²) in [6.45, 7) is 1.47. The molecule has 1 aliphatic heterocycles. The molecule has 2 rings (SSSR count). The van der Waals surface area contributed by atoms with Crippen LogP contribution in [0.15, 0.2) is 18.2 Å². The molecule has 0 saturated carbocycles. The van der Waals surface area contributed by atoms with Gasteiger partial charge in [0.05, 0.1) is 12.8 Å². The van der Waals surface area contributed by atoms with Crippen LogP contribution < -0.4 is 15.4 Å². The van der Waals surface area contributed by atoms with Crippen LogP contribution in [0.2, 0.25) is 0 Å². The number of amides is 1. The molecule has 0 aliphatic carbocycles. The van der Waals surface area contributed by atoms with Gasteiger partial charge in [0.2, 0.25) is 5.91 Å². The molecular weight excluding hydrogens is 276 g/mol. The van der Waals surface area contributed by atoms with Gasteiger partial charge in [-0.15, -0.1) is 0 Å². The Balaban J connectivity index is 2.05. The molecule has 1 heterocycles. The van der Waals surface area contributed by atoms with Gasteiger partial charge in [-0.25, -0.2) is 0 Å². The van der Waals surface area contributed by atoms with Gasteiger partial charge >= 0.3 is 0 Å². The van der Waals surface area contributed by atoms with Crippen molar-refractivity contribution < 1.29 is 13.7 Å². The van der Waals surface area contributed by atoms with Crippen LogP contribution in [-0.2, 0) is 15.6 Å². The second-order valence-electron chi connectivity index (χ2n) is 4.86. The number of rotatable bonds is 4. The van der Waals surface area contributed by atoms with E-state index < -0.39 is 10.8 Å². The minimum absolute atomic E-state index is 0.126. The van der Waals surface area contributed by atoms with Crippen LogP contribution in [0, 0.1) is 0 Å². The van der Waals surface area contributed by atoms with Gasteiger partial charge in [-0.2, -0.15) is 0 Å². The first kappa shape index (κ1) is 14.8. The van der Waals surface area contributed by atoms with Gasteiger partial charge in [0.1, 0.15) is 5.75 Å². The molecular formula is C14H20N2O3S. The van der Waals surface area contributed by atoms with Gasteiger partial charge < -0.3 is 15.4 Å². The van der Waals surface area contributed by atoms with Crippen molar-refractivity contribution in [1.29, 1.82) is 0 Å². The highest BCUT2D eigenvalue weighted by Crippen LogP contribution is 2.29. The number of methoxy groups -OCH3 is 1. The zero-order valence-corrected chi connectivity index (χ0v) is 12.6.